The number of nitrogens with zero attached hydrogens (tertiary/aromatic N) is 1. The number of carbonyl (C=O) groups excluding carboxylic acids is 1. The number of rotatable bonds is 7. The summed E-state index contributed by atoms with van der Waals surface area (Å²) in [6.45, 7) is 7.58. The Kier molecular flexibility index (Phi) is 7.34. The first-order chi connectivity index (χ1) is 9.04. The molecule has 112 valence electrons. The molecule has 0 aromatic heterocycles. The predicted octanol–water partition coefficient (Wildman–Crippen LogP) is 0.457. The van der Waals surface area contributed by atoms with Crippen LogP contribution in [0.4, 0.5) is 0 Å². The van der Waals surface area contributed by atoms with E-state index >= 15 is 0 Å². The molecule has 1 aliphatic rings. The molecule has 0 aliphatic carbocycles. The van der Waals surface area contributed by atoms with Crippen LogP contribution < -0.4 is 10.6 Å². The van der Waals surface area contributed by atoms with Crippen molar-refractivity contribution in [3.8, 4) is 0 Å². The van der Waals surface area contributed by atoms with Crippen LogP contribution in [0.5, 0.6) is 0 Å². The number of carbonyl (C=O) groups is 1. The van der Waals surface area contributed by atoms with Crippen molar-refractivity contribution in [2.45, 2.75) is 38.8 Å². The number of amides is 1. The monoisotopic (exact) mass is 271 g/mol. The number of likely N-dealkylation sites (tertiary alicyclic amines) is 1. The molecule has 1 fully saturated rings. The third-order valence-corrected chi connectivity index (χ3v) is 4.00. The second-order valence-electron chi connectivity index (χ2n) is 5.65. The van der Waals surface area contributed by atoms with Crippen molar-refractivity contribution in [1.82, 2.24) is 15.5 Å². The Balaban J connectivity index is 2.16. The van der Waals surface area contributed by atoms with E-state index in [1.807, 2.05) is 0 Å². The van der Waals surface area contributed by atoms with Gasteiger partial charge >= 0.3 is 0 Å². The van der Waals surface area contributed by atoms with Crippen LogP contribution in [-0.4, -0.2) is 63.3 Å². The van der Waals surface area contributed by atoms with Crippen molar-refractivity contribution < 1.29 is 9.53 Å². The molecule has 2 N–H and O–H groups in total. The summed E-state index contributed by atoms with van der Waals surface area (Å²) in [6, 6.07) is 1.14. The zero-order valence-corrected chi connectivity index (χ0v) is 12.7. The molecule has 0 aromatic rings. The van der Waals surface area contributed by atoms with E-state index in [9.17, 15) is 4.79 Å². The highest BCUT2D eigenvalue weighted by Crippen LogP contribution is 2.20. The average molecular weight is 271 g/mol. The molecule has 0 spiro atoms. The molecule has 5 nitrogen and oxygen atoms in total. The van der Waals surface area contributed by atoms with Crippen molar-refractivity contribution in [1.29, 1.82) is 0 Å². The normalized spacial score (nSPS) is 28.3. The number of hydrogen-bond acceptors (Lipinski definition) is 4. The largest absolute Gasteiger partial charge is 0.383 e. The maximum atomic E-state index is 11.5. The Morgan fingerprint density at radius 1 is 1.37 bits per heavy atom. The minimum atomic E-state index is 0.0955. The van der Waals surface area contributed by atoms with Crippen molar-refractivity contribution in [3.05, 3.63) is 0 Å². The van der Waals surface area contributed by atoms with Crippen LogP contribution in [0.1, 0.15) is 26.7 Å². The van der Waals surface area contributed by atoms with Gasteiger partial charge in [0.05, 0.1) is 6.61 Å². The Hall–Kier alpha value is -0.650. The minimum absolute atomic E-state index is 0.0955. The van der Waals surface area contributed by atoms with Crippen molar-refractivity contribution in [2.75, 3.05) is 40.4 Å². The van der Waals surface area contributed by atoms with Crippen LogP contribution in [-0.2, 0) is 9.53 Å². The summed E-state index contributed by atoms with van der Waals surface area (Å²) in [4.78, 5) is 13.9. The van der Waals surface area contributed by atoms with Gasteiger partial charge in [-0.05, 0) is 26.3 Å². The van der Waals surface area contributed by atoms with Gasteiger partial charge in [0.25, 0.3) is 0 Å². The molecule has 1 heterocycles. The lowest BCUT2D eigenvalue weighted by Crippen LogP contribution is -2.51. The first kappa shape index (κ1) is 16.4. The molecule has 3 unspecified atom stereocenters. The fraction of sp³-hybridized carbons (Fsp3) is 0.929. The van der Waals surface area contributed by atoms with Gasteiger partial charge < -0.3 is 20.3 Å². The highest BCUT2D eigenvalue weighted by atomic mass is 16.5. The Morgan fingerprint density at radius 3 is 2.79 bits per heavy atom. The minimum Gasteiger partial charge on any atom is -0.383 e. The fourth-order valence-electron chi connectivity index (χ4n) is 2.58. The summed E-state index contributed by atoms with van der Waals surface area (Å²) in [5, 5.41) is 6.36. The molecule has 0 bridgehead atoms. The Labute approximate surface area is 117 Å². The van der Waals surface area contributed by atoms with Gasteiger partial charge in [-0.3, -0.25) is 4.79 Å². The predicted molar refractivity (Wildman–Crippen MR) is 77.2 cm³/mol. The molecule has 1 rings (SSSR count). The first-order valence-electron chi connectivity index (χ1n) is 7.23. The van der Waals surface area contributed by atoms with Gasteiger partial charge in [0, 0.05) is 45.2 Å². The number of ether oxygens (including phenoxy) is 1. The topological polar surface area (TPSA) is 53.6 Å². The van der Waals surface area contributed by atoms with E-state index in [1.54, 1.807) is 7.11 Å². The van der Waals surface area contributed by atoms with Gasteiger partial charge in [0.2, 0.25) is 5.91 Å². The van der Waals surface area contributed by atoms with Crippen LogP contribution in [0.25, 0.3) is 0 Å². The third-order valence-electron chi connectivity index (χ3n) is 4.00. The second kappa shape index (κ2) is 8.51. The van der Waals surface area contributed by atoms with E-state index in [-0.39, 0.29) is 5.91 Å². The smallest absolute Gasteiger partial charge is 0.221 e. The van der Waals surface area contributed by atoms with Gasteiger partial charge in [-0.15, -0.1) is 0 Å². The molecular formula is C14H29N3O2. The summed E-state index contributed by atoms with van der Waals surface area (Å²) in [7, 11) is 3.82. The standard InChI is InChI=1S/C14H29N3O2/c1-11-10-17(3)12(2)9-13(11)15-6-5-14(18)16-7-8-19-4/h11-13,15H,5-10H2,1-4H3,(H,16,18). The fourth-order valence-corrected chi connectivity index (χ4v) is 2.58. The van der Waals surface area contributed by atoms with E-state index in [4.69, 9.17) is 4.74 Å². The molecule has 1 saturated heterocycles. The molecule has 1 amide bonds. The van der Waals surface area contributed by atoms with Gasteiger partial charge in [-0.25, -0.2) is 0 Å². The summed E-state index contributed by atoms with van der Waals surface area (Å²) in [5.41, 5.74) is 0. The Morgan fingerprint density at radius 2 is 2.11 bits per heavy atom. The molecule has 0 aromatic carbocycles. The number of methoxy groups -OCH3 is 1. The maximum Gasteiger partial charge on any atom is 0.221 e. The van der Waals surface area contributed by atoms with Crippen molar-refractivity contribution >= 4 is 5.91 Å². The highest BCUT2D eigenvalue weighted by Gasteiger charge is 2.28. The lowest BCUT2D eigenvalue weighted by molar-refractivity contribution is -0.121. The van der Waals surface area contributed by atoms with Crippen molar-refractivity contribution in [3.63, 3.8) is 0 Å². The molecule has 0 saturated carbocycles. The third kappa shape index (κ3) is 5.89. The lowest BCUT2D eigenvalue weighted by Gasteiger charge is -2.40. The lowest BCUT2D eigenvalue weighted by atomic mass is 9.90. The maximum absolute atomic E-state index is 11.5. The van der Waals surface area contributed by atoms with E-state index < -0.39 is 0 Å². The quantitative estimate of drug-likeness (QED) is 0.661. The zero-order valence-electron chi connectivity index (χ0n) is 12.7. The van der Waals surface area contributed by atoms with Crippen LogP contribution in [0.3, 0.4) is 0 Å². The molecule has 3 atom stereocenters. The molecule has 5 heteroatoms. The molecule has 19 heavy (non-hydrogen) atoms. The first-order valence-corrected chi connectivity index (χ1v) is 7.23. The second-order valence-corrected chi connectivity index (χ2v) is 5.65. The van der Waals surface area contributed by atoms with Crippen LogP contribution >= 0.6 is 0 Å². The van der Waals surface area contributed by atoms with E-state index in [2.05, 4.69) is 36.4 Å². The summed E-state index contributed by atoms with van der Waals surface area (Å²) in [6.07, 6.45) is 1.69. The van der Waals surface area contributed by atoms with Crippen LogP contribution in [0, 0.1) is 5.92 Å². The number of piperidine rings is 1. The number of nitrogens with one attached hydrogen (secondary N) is 2. The highest BCUT2D eigenvalue weighted by molar-refractivity contribution is 5.76. The van der Waals surface area contributed by atoms with E-state index in [0.717, 1.165) is 19.5 Å². The van der Waals surface area contributed by atoms with Crippen LogP contribution in [0.2, 0.25) is 0 Å². The van der Waals surface area contributed by atoms with E-state index in [0.29, 0.717) is 37.6 Å². The SMILES string of the molecule is COCCNC(=O)CCNC1CC(C)N(C)CC1C. The number of hydrogen-bond donors (Lipinski definition) is 2. The van der Waals surface area contributed by atoms with Crippen molar-refractivity contribution in [2.24, 2.45) is 5.92 Å². The van der Waals surface area contributed by atoms with Gasteiger partial charge in [-0.2, -0.15) is 0 Å². The molecule has 1 aliphatic heterocycles. The van der Waals surface area contributed by atoms with Gasteiger partial charge in [0.15, 0.2) is 0 Å². The zero-order chi connectivity index (χ0) is 14.3. The van der Waals surface area contributed by atoms with Gasteiger partial charge in [0.1, 0.15) is 0 Å². The van der Waals surface area contributed by atoms with Crippen LogP contribution in [0.15, 0.2) is 0 Å². The molecular weight excluding hydrogens is 242 g/mol. The summed E-state index contributed by atoms with van der Waals surface area (Å²) in [5.74, 6) is 0.732. The average Bonchev–Trinajstić information content (AvgIpc) is 2.36. The summed E-state index contributed by atoms with van der Waals surface area (Å²) >= 11 is 0. The van der Waals surface area contributed by atoms with E-state index in [1.165, 1.54) is 0 Å². The van der Waals surface area contributed by atoms with Gasteiger partial charge in [-0.1, -0.05) is 6.92 Å². The summed E-state index contributed by atoms with van der Waals surface area (Å²) < 4.78 is 4.89. The molecule has 0 radical (unpaired) electrons. The Bertz CT molecular complexity index is 273.